The van der Waals surface area contributed by atoms with E-state index in [2.05, 4.69) is 45.0 Å². The number of para-hydroxylation sites is 1. The summed E-state index contributed by atoms with van der Waals surface area (Å²) in [5.74, 6) is 0.292. The molecule has 4 aromatic rings. The Morgan fingerprint density at radius 3 is 2.42 bits per heavy atom. The fourth-order valence-electron chi connectivity index (χ4n) is 5.05. The molecule has 0 unspecified atom stereocenters. The van der Waals surface area contributed by atoms with Crippen LogP contribution in [-0.4, -0.2) is 36.3 Å². The van der Waals surface area contributed by atoms with Gasteiger partial charge < -0.3 is 13.9 Å². The third-order valence-electron chi connectivity index (χ3n) is 6.80. The van der Waals surface area contributed by atoms with Gasteiger partial charge in [-0.1, -0.05) is 29.8 Å². The second-order valence-electron chi connectivity index (χ2n) is 9.79. The highest BCUT2D eigenvalue weighted by molar-refractivity contribution is 7.89. The summed E-state index contributed by atoms with van der Waals surface area (Å²) in [6, 6.07) is 14.3. The van der Waals surface area contributed by atoms with Crippen LogP contribution in [-0.2, 0) is 34.8 Å². The summed E-state index contributed by atoms with van der Waals surface area (Å²) in [7, 11) is -1.60. The monoisotopic (exact) mass is 555 g/mol. The molecule has 38 heavy (non-hydrogen) atoms. The molecule has 202 valence electrons. The van der Waals surface area contributed by atoms with Crippen molar-refractivity contribution in [2.45, 2.75) is 46.6 Å². The van der Waals surface area contributed by atoms with E-state index in [0.717, 1.165) is 68.9 Å². The smallest absolute Gasteiger partial charge is 0.235 e. The van der Waals surface area contributed by atoms with E-state index < -0.39 is 15.9 Å². The summed E-state index contributed by atoms with van der Waals surface area (Å²) >= 11 is 6.29. The molecule has 1 amide bonds. The van der Waals surface area contributed by atoms with Crippen molar-refractivity contribution in [1.29, 1.82) is 0 Å². The number of benzene rings is 2. The zero-order chi connectivity index (χ0) is 27.6. The maximum absolute atomic E-state index is 12.3. The van der Waals surface area contributed by atoms with Crippen LogP contribution in [0.1, 0.15) is 35.2 Å². The minimum Gasteiger partial charge on any atom is -0.494 e. The van der Waals surface area contributed by atoms with Crippen molar-refractivity contribution in [1.82, 2.24) is 13.9 Å². The lowest BCUT2D eigenvalue weighted by Crippen LogP contribution is -2.30. The number of hydrogen-bond acceptors (Lipinski definition) is 4. The topological polar surface area (TPSA) is 82.3 Å². The number of amides is 1. The van der Waals surface area contributed by atoms with Gasteiger partial charge in [0, 0.05) is 53.6 Å². The van der Waals surface area contributed by atoms with Gasteiger partial charge in [0.25, 0.3) is 0 Å². The molecule has 0 saturated heterocycles. The Balaban J connectivity index is 1.63. The van der Waals surface area contributed by atoms with Crippen molar-refractivity contribution in [3.05, 3.63) is 76.1 Å². The van der Waals surface area contributed by atoms with E-state index in [1.165, 1.54) is 5.56 Å². The van der Waals surface area contributed by atoms with E-state index in [4.69, 9.17) is 16.3 Å². The molecule has 0 radical (unpaired) electrons. The number of carbonyl (C=O) groups is 1. The number of aromatic nitrogens is 2. The normalized spacial score (nSPS) is 11.7. The predicted molar refractivity (Wildman–Crippen MR) is 153 cm³/mol. The van der Waals surface area contributed by atoms with Crippen LogP contribution in [0.5, 0.6) is 5.75 Å². The maximum Gasteiger partial charge on any atom is 0.235 e. The molecule has 0 spiro atoms. The van der Waals surface area contributed by atoms with Crippen molar-refractivity contribution < 1.29 is 17.9 Å². The first-order valence-corrected chi connectivity index (χ1v) is 14.9. The Hall–Kier alpha value is -3.23. The highest BCUT2D eigenvalue weighted by atomic mass is 35.5. The summed E-state index contributed by atoms with van der Waals surface area (Å²) in [6.45, 7) is 6.93. The number of ether oxygens (including phenoxy) is 1. The van der Waals surface area contributed by atoms with E-state index in [0.29, 0.717) is 13.2 Å². The molecule has 0 saturated carbocycles. The number of nitrogens with zero attached hydrogens (tertiary/aromatic N) is 2. The molecule has 0 fully saturated rings. The summed E-state index contributed by atoms with van der Waals surface area (Å²) in [5, 5.41) is 1.89. The summed E-state index contributed by atoms with van der Waals surface area (Å²) < 4.78 is 35.4. The maximum atomic E-state index is 12.3. The first kappa shape index (κ1) is 27.8. The van der Waals surface area contributed by atoms with E-state index in [1.54, 1.807) is 0 Å². The fraction of sp³-hybridized carbons (Fsp3) is 0.345. The lowest BCUT2D eigenvalue weighted by Gasteiger charge is -2.12. The Labute approximate surface area is 229 Å². The number of sulfonamides is 1. The number of carbonyl (C=O) groups excluding carboxylic acids is 1. The molecule has 0 aliphatic rings. The number of fused-ring (bicyclic) bond motifs is 1. The molecule has 0 aliphatic carbocycles. The van der Waals surface area contributed by atoms with Crippen LogP contribution < -0.4 is 9.46 Å². The Morgan fingerprint density at radius 2 is 1.79 bits per heavy atom. The number of hydrogen-bond donors (Lipinski definition) is 1. The van der Waals surface area contributed by atoms with Crippen LogP contribution in [0.25, 0.3) is 22.2 Å². The summed E-state index contributed by atoms with van der Waals surface area (Å²) in [4.78, 5) is 12.3. The first-order chi connectivity index (χ1) is 18.0. The SMILES string of the molecule is Cc1cc(OCCCc2c(C)n(CCC(=O)NS(C)(=O)=O)c3c(-c4cccn4C)cccc23)cc(C)c1Cl. The van der Waals surface area contributed by atoms with Gasteiger partial charge in [-0.2, -0.15) is 0 Å². The van der Waals surface area contributed by atoms with Crippen LogP contribution >= 0.6 is 11.6 Å². The van der Waals surface area contributed by atoms with Gasteiger partial charge in [-0.25, -0.2) is 8.42 Å². The molecule has 9 heteroatoms. The molecule has 2 heterocycles. The fourth-order valence-corrected chi connectivity index (χ4v) is 5.67. The lowest BCUT2D eigenvalue weighted by molar-refractivity contribution is -0.119. The molecular weight excluding hydrogens is 522 g/mol. The third-order valence-corrected chi connectivity index (χ3v) is 8.00. The van der Waals surface area contributed by atoms with Gasteiger partial charge in [0.05, 0.1) is 18.4 Å². The molecule has 1 N–H and O–H groups in total. The van der Waals surface area contributed by atoms with E-state index in [9.17, 15) is 13.2 Å². The molecule has 2 aromatic heterocycles. The van der Waals surface area contributed by atoms with Crippen LogP contribution in [0, 0.1) is 20.8 Å². The molecule has 0 aliphatic heterocycles. The third kappa shape index (κ3) is 6.08. The average molecular weight is 556 g/mol. The van der Waals surface area contributed by atoms with Crippen molar-refractivity contribution in [2.24, 2.45) is 7.05 Å². The van der Waals surface area contributed by atoms with Gasteiger partial charge in [-0.3, -0.25) is 9.52 Å². The number of rotatable bonds is 10. The summed E-state index contributed by atoms with van der Waals surface area (Å²) in [6.07, 6.45) is 4.65. The minimum atomic E-state index is -3.60. The van der Waals surface area contributed by atoms with Gasteiger partial charge in [0.2, 0.25) is 15.9 Å². The van der Waals surface area contributed by atoms with E-state index >= 15 is 0 Å². The number of nitrogens with one attached hydrogen (secondary N) is 1. The van der Waals surface area contributed by atoms with Gasteiger partial charge in [0.15, 0.2) is 0 Å². The molecule has 4 rings (SSSR count). The lowest BCUT2D eigenvalue weighted by atomic mass is 10.0. The first-order valence-electron chi connectivity index (χ1n) is 12.6. The molecular formula is C29H34ClN3O4S. The number of aryl methyl sites for hydroxylation is 5. The van der Waals surface area contributed by atoms with Gasteiger partial charge >= 0.3 is 0 Å². The second-order valence-corrected chi connectivity index (χ2v) is 11.9. The zero-order valence-corrected chi connectivity index (χ0v) is 24.0. The highest BCUT2D eigenvalue weighted by Crippen LogP contribution is 2.35. The predicted octanol–water partition coefficient (Wildman–Crippen LogP) is 5.70. The molecule has 0 atom stereocenters. The van der Waals surface area contributed by atoms with Crippen LogP contribution in [0.15, 0.2) is 48.7 Å². The summed E-state index contributed by atoms with van der Waals surface area (Å²) in [5.41, 5.74) is 7.43. The zero-order valence-electron chi connectivity index (χ0n) is 22.5. The molecule has 7 nitrogen and oxygen atoms in total. The highest BCUT2D eigenvalue weighted by Gasteiger charge is 2.20. The molecule has 2 aromatic carbocycles. The largest absolute Gasteiger partial charge is 0.494 e. The van der Waals surface area contributed by atoms with Gasteiger partial charge in [-0.15, -0.1) is 0 Å². The van der Waals surface area contributed by atoms with Crippen LogP contribution in [0.2, 0.25) is 5.02 Å². The Bertz CT molecular complexity index is 1580. The van der Waals surface area contributed by atoms with Crippen molar-refractivity contribution in [3.63, 3.8) is 0 Å². The Kier molecular flexibility index (Phi) is 8.23. The van der Waals surface area contributed by atoms with Crippen molar-refractivity contribution >= 4 is 38.4 Å². The van der Waals surface area contributed by atoms with Crippen molar-refractivity contribution in [2.75, 3.05) is 12.9 Å². The van der Waals surface area contributed by atoms with Crippen LogP contribution in [0.4, 0.5) is 0 Å². The minimum absolute atomic E-state index is 0.0526. The number of halogens is 1. The average Bonchev–Trinajstić information content (AvgIpc) is 3.38. The van der Waals surface area contributed by atoms with E-state index in [1.807, 2.05) is 45.3 Å². The van der Waals surface area contributed by atoms with E-state index in [-0.39, 0.29) is 6.42 Å². The second kappa shape index (κ2) is 11.3. The quantitative estimate of drug-likeness (QED) is 0.254. The van der Waals surface area contributed by atoms with Gasteiger partial charge in [-0.05, 0) is 74.6 Å². The molecule has 0 bridgehead atoms. The van der Waals surface area contributed by atoms with Gasteiger partial charge in [0.1, 0.15) is 5.75 Å². The van der Waals surface area contributed by atoms with Crippen LogP contribution in [0.3, 0.4) is 0 Å². The Morgan fingerprint density at radius 1 is 1.08 bits per heavy atom. The standard InChI is InChI=1S/C29H34ClN3O4S/c1-19-17-22(18-20(2)28(19)30)37-16-8-11-23-21(3)33(15-13-27(34)31-38(5,35)36)29-24(23)9-6-10-25(29)26-12-7-14-32(26)4/h6-7,9-10,12,14,17-18H,8,11,13,15-16H2,1-5H3,(H,31,34). The van der Waals surface area contributed by atoms with Crippen molar-refractivity contribution in [3.8, 4) is 17.0 Å².